The van der Waals surface area contributed by atoms with Crippen molar-refractivity contribution in [3.63, 3.8) is 0 Å². The molecule has 2 heterocycles. The molecular weight excluding hydrogens is 422 g/mol. The summed E-state index contributed by atoms with van der Waals surface area (Å²) in [4.78, 5) is 23.8. The number of carbonyl (C=O) groups is 1. The molecule has 0 fully saturated rings. The van der Waals surface area contributed by atoms with Crippen LogP contribution in [0.25, 0.3) is 10.3 Å². The molecular formula is C18H11NO6S3. The average molecular weight is 433 g/mol. The van der Waals surface area contributed by atoms with Crippen LogP contribution in [0.2, 0.25) is 0 Å². The van der Waals surface area contributed by atoms with Crippen molar-refractivity contribution in [3.8, 4) is 5.75 Å². The van der Waals surface area contributed by atoms with Crippen LogP contribution < -0.4 is 14.0 Å². The standard InChI is InChI=1S/C18H11NO6S3/c20-17(24-13-5-2-1-3-6-13)19(28(22,23)16-7-4-10-26-16)12-8-9-14-15(11-12)27-18(21)25-14/h1-11H. The molecule has 0 unspecified atom stereocenters. The molecule has 0 aliphatic carbocycles. The van der Waals surface area contributed by atoms with Crippen molar-refractivity contribution in [1.82, 2.24) is 0 Å². The fourth-order valence-electron chi connectivity index (χ4n) is 2.46. The Morgan fingerprint density at radius 3 is 2.54 bits per heavy atom. The van der Waals surface area contributed by atoms with Crippen LogP contribution >= 0.6 is 22.7 Å². The first-order valence-electron chi connectivity index (χ1n) is 7.84. The zero-order valence-electron chi connectivity index (χ0n) is 14.0. The molecule has 0 atom stereocenters. The van der Waals surface area contributed by atoms with Gasteiger partial charge in [-0.15, -0.1) is 11.3 Å². The van der Waals surface area contributed by atoms with E-state index in [0.717, 1.165) is 22.7 Å². The molecule has 28 heavy (non-hydrogen) atoms. The minimum absolute atomic E-state index is 0.0158. The van der Waals surface area contributed by atoms with E-state index < -0.39 is 21.1 Å². The minimum atomic E-state index is -4.22. The molecule has 7 nitrogen and oxygen atoms in total. The van der Waals surface area contributed by atoms with Crippen molar-refractivity contribution in [1.29, 1.82) is 0 Å². The lowest BCUT2D eigenvalue weighted by Gasteiger charge is -2.21. The molecule has 2 aromatic carbocycles. The predicted molar refractivity (Wildman–Crippen MR) is 107 cm³/mol. The van der Waals surface area contributed by atoms with Crippen molar-refractivity contribution < 1.29 is 22.4 Å². The number of rotatable bonds is 4. The van der Waals surface area contributed by atoms with Gasteiger partial charge in [-0.3, -0.25) is 0 Å². The van der Waals surface area contributed by atoms with Gasteiger partial charge in [0.25, 0.3) is 10.0 Å². The van der Waals surface area contributed by atoms with Gasteiger partial charge in [-0.1, -0.05) is 35.6 Å². The Bertz CT molecular complexity index is 1290. The van der Waals surface area contributed by atoms with Gasteiger partial charge in [0.15, 0.2) is 0 Å². The van der Waals surface area contributed by atoms with Gasteiger partial charge in [0.2, 0.25) is 0 Å². The van der Waals surface area contributed by atoms with Crippen molar-refractivity contribution in [3.05, 3.63) is 75.8 Å². The molecule has 0 N–H and O–H groups in total. The normalized spacial score (nSPS) is 11.4. The van der Waals surface area contributed by atoms with Crippen molar-refractivity contribution in [2.24, 2.45) is 0 Å². The van der Waals surface area contributed by atoms with Gasteiger partial charge in [-0.25, -0.2) is 9.59 Å². The molecule has 0 aliphatic heterocycles. The predicted octanol–water partition coefficient (Wildman–Crippen LogP) is 4.31. The smallest absolute Gasteiger partial charge is 0.414 e. The molecule has 0 saturated heterocycles. The summed E-state index contributed by atoms with van der Waals surface area (Å²) in [6, 6.07) is 15.4. The summed E-state index contributed by atoms with van der Waals surface area (Å²) >= 11 is 1.80. The maximum absolute atomic E-state index is 13.1. The second-order valence-electron chi connectivity index (χ2n) is 5.47. The van der Waals surface area contributed by atoms with E-state index >= 15 is 0 Å². The van der Waals surface area contributed by atoms with Crippen molar-refractivity contribution in [2.45, 2.75) is 4.21 Å². The Morgan fingerprint density at radius 1 is 1.04 bits per heavy atom. The van der Waals surface area contributed by atoms with E-state index in [2.05, 4.69) is 0 Å². The van der Waals surface area contributed by atoms with Gasteiger partial charge in [0.05, 0.1) is 10.4 Å². The van der Waals surface area contributed by atoms with E-state index in [1.165, 1.54) is 24.3 Å². The number of hydrogen-bond acceptors (Lipinski definition) is 8. The number of para-hydroxylation sites is 1. The van der Waals surface area contributed by atoms with E-state index in [0.29, 0.717) is 14.6 Å². The molecule has 0 spiro atoms. The van der Waals surface area contributed by atoms with Crippen LogP contribution in [0.5, 0.6) is 5.75 Å². The van der Waals surface area contributed by atoms with Crippen molar-refractivity contribution in [2.75, 3.05) is 4.31 Å². The Labute approximate surface area is 167 Å². The number of sulfonamides is 1. The highest BCUT2D eigenvalue weighted by Crippen LogP contribution is 2.31. The summed E-state index contributed by atoms with van der Waals surface area (Å²) in [6.07, 6.45) is -1.09. The topological polar surface area (TPSA) is 93.9 Å². The molecule has 0 bridgehead atoms. The van der Waals surface area contributed by atoms with Gasteiger partial charge in [0, 0.05) is 0 Å². The van der Waals surface area contributed by atoms with Crippen LogP contribution in [0.1, 0.15) is 0 Å². The van der Waals surface area contributed by atoms with Gasteiger partial charge in [-0.05, 0) is 41.8 Å². The molecule has 0 radical (unpaired) electrons. The number of benzene rings is 2. The summed E-state index contributed by atoms with van der Waals surface area (Å²) in [6.45, 7) is 0. The molecule has 10 heteroatoms. The maximum Gasteiger partial charge on any atom is 0.434 e. The Hall–Kier alpha value is -2.95. The third kappa shape index (κ3) is 3.44. The second-order valence-corrected chi connectivity index (χ2v) is 9.41. The highest BCUT2D eigenvalue weighted by Gasteiger charge is 2.34. The number of anilines is 1. The van der Waals surface area contributed by atoms with Crippen LogP contribution in [0.3, 0.4) is 0 Å². The minimum Gasteiger partial charge on any atom is -0.414 e. The molecule has 1 amide bonds. The van der Waals surface area contributed by atoms with E-state index in [-0.39, 0.29) is 15.6 Å². The van der Waals surface area contributed by atoms with Gasteiger partial charge in [-0.2, -0.15) is 12.7 Å². The zero-order valence-corrected chi connectivity index (χ0v) is 16.4. The monoisotopic (exact) mass is 433 g/mol. The van der Waals surface area contributed by atoms with Gasteiger partial charge >= 0.3 is 11.0 Å². The molecule has 0 aliphatic rings. The summed E-state index contributed by atoms with van der Waals surface area (Å²) in [7, 11) is -4.22. The molecule has 4 aromatic rings. The number of fused-ring (bicyclic) bond motifs is 1. The number of nitrogens with zero attached hydrogens (tertiary/aromatic N) is 1. The summed E-state index contributed by atoms with van der Waals surface area (Å²) in [5.74, 6) is 0.202. The maximum atomic E-state index is 13.1. The van der Waals surface area contributed by atoms with E-state index in [9.17, 15) is 18.0 Å². The van der Waals surface area contributed by atoms with Gasteiger partial charge < -0.3 is 9.15 Å². The number of ether oxygens (including phenoxy) is 1. The quantitative estimate of drug-likeness (QED) is 0.476. The van der Waals surface area contributed by atoms with Crippen LogP contribution in [-0.2, 0) is 10.0 Å². The van der Waals surface area contributed by atoms with E-state index in [1.807, 2.05) is 0 Å². The molecule has 4 rings (SSSR count). The highest BCUT2D eigenvalue weighted by atomic mass is 32.2. The average Bonchev–Trinajstić information content (AvgIpc) is 3.31. The molecule has 142 valence electrons. The molecule has 0 saturated carbocycles. The summed E-state index contributed by atoms with van der Waals surface area (Å²) < 4.78 is 37.5. The molecule has 2 aromatic heterocycles. The Balaban J connectivity index is 1.82. The Morgan fingerprint density at radius 2 is 1.82 bits per heavy atom. The second kappa shape index (κ2) is 7.23. The van der Waals surface area contributed by atoms with E-state index in [4.69, 9.17) is 9.15 Å². The first kappa shape index (κ1) is 18.4. The lowest BCUT2D eigenvalue weighted by atomic mass is 10.3. The largest absolute Gasteiger partial charge is 0.434 e. The van der Waals surface area contributed by atoms with Crippen LogP contribution in [-0.4, -0.2) is 14.5 Å². The van der Waals surface area contributed by atoms with Crippen LogP contribution in [0.15, 0.2) is 79.5 Å². The Kier molecular flexibility index (Phi) is 4.75. The third-order valence-electron chi connectivity index (χ3n) is 3.65. The summed E-state index contributed by atoms with van der Waals surface area (Å²) in [5.41, 5.74) is 0.350. The zero-order chi connectivity index (χ0) is 19.7. The van der Waals surface area contributed by atoms with Crippen LogP contribution in [0.4, 0.5) is 10.5 Å². The summed E-state index contributed by atoms with van der Waals surface area (Å²) in [5, 5.41) is 1.60. The SMILES string of the molecule is O=C(Oc1ccccc1)N(c1ccc2oc(=O)sc2c1)S(=O)(=O)c1cccs1. The first-order valence-corrected chi connectivity index (χ1v) is 11.0. The lowest BCUT2D eigenvalue weighted by molar-refractivity contribution is 0.211. The highest BCUT2D eigenvalue weighted by molar-refractivity contribution is 7.95. The number of carbonyl (C=O) groups excluding carboxylic acids is 1. The first-order chi connectivity index (χ1) is 13.4. The third-order valence-corrected chi connectivity index (χ3v) is 7.51. The lowest BCUT2D eigenvalue weighted by Crippen LogP contribution is -2.38. The fraction of sp³-hybridized carbons (Fsp3) is 0. The van der Waals surface area contributed by atoms with Crippen LogP contribution in [0, 0.1) is 0 Å². The fourth-order valence-corrected chi connectivity index (χ4v) is 5.54. The van der Waals surface area contributed by atoms with Gasteiger partial charge in [0.1, 0.15) is 15.5 Å². The number of hydrogen-bond donors (Lipinski definition) is 0. The number of amides is 1. The van der Waals surface area contributed by atoms with E-state index in [1.54, 1.807) is 41.8 Å². The van der Waals surface area contributed by atoms with Crippen molar-refractivity contribution >= 4 is 54.8 Å². The number of thiophene rings is 1.